The summed E-state index contributed by atoms with van der Waals surface area (Å²) in [5.41, 5.74) is 6.26. The number of aromatic amines is 1. The molecule has 0 bridgehead atoms. The van der Waals surface area contributed by atoms with Gasteiger partial charge in [0.25, 0.3) is 0 Å². The highest BCUT2D eigenvalue weighted by atomic mass is 35.5. The lowest BCUT2D eigenvalue weighted by Gasteiger charge is -2.21. The maximum Gasteiger partial charge on any atom is 0.224 e. The molecule has 1 aromatic carbocycles. The van der Waals surface area contributed by atoms with Crippen LogP contribution >= 0.6 is 35.4 Å². The van der Waals surface area contributed by atoms with Gasteiger partial charge in [-0.05, 0) is 38.2 Å². The molecule has 0 aliphatic heterocycles. The van der Waals surface area contributed by atoms with Crippen LogP contribution in [0.3, 0.4) is 0 Å². The Kier molecular flexibility index (Phi) is 3.64. The number of primary amides is 1. The van der Waals surface area contributed by atoms with E-state index in [-0.39, 0.29) is 5.91 Å². The van der Waals surface area contributed by atoms with Gasteiger partial charge in [-0.1, -0.05) is 23.2 Å². The first-order chi connectivity index (χ1) is 8.72. The van der Waals surface area contributed by atoms with Crippen LogP contribution in [0.4, 0.5) is 0 Å². The zero-order chi connectivity index (χ0) is 14.4. The molecule has 19 heavy (non-hydrogen) atoms. The number of halogens is 2. The van der Waals surface area contributed by atoms with Gasteiger partial charge in [-0.2, -0.15) is 0 Å². The summed E-state index contributed by atoms with van der Waals surface area (Å²) in [6.07, 6.45) is 0. The van der Waals surface area contributed by atoms with Gasteiger partial charge in [-0.15, -0.1) is 0 Å². The fourth-order valence-electron chi connectivity index (χ4n) is 1.78. The van der Waals surface area contributed by atoms with Crippen molar-refractivity contribution in [3.63, 3.8) is 0 Å². The van der Waals surface area contributed by atoms with Crippen LogP contribution in [-0.4, -0.2) is 15.5 Å². The minimum absolute atomic E-state index is 0.374. The van der Waals surface area contributed by atoms with Crippen molar-refractivity contribution in [1.82, 2.24) is 9.55 Å². The van der Waals surface area contributed by atoms with Gasteiger partial charge in [0, 0.05) is 6.54 Å². The van der Waals surface area contributed by atoms with Gasteiger partial charge < -0.3 is 15.3 Å². The van der Waals surface area contributed by atoms with E-state index in [1.165, 1.54) is 0 Å². The summed E-state index contributed by atoms with van der Waals surface area (Å²) in [6, 6.07) is 3.44. The highest BCUT2D eigenvalue weighted by Crippen LogP contribution is 2.29. The van der Waals surface area contributed by atoms with Crippen LogP contribution in [0.1, 0.15) is 13.8 Å². The number of nitrogens with two attached hydrogens (primary N) is 1. The summed E-state index contributed by atoms with van der Waals surface area (Å²) >= 11 is 17.2. The molecule has 1 aromatic heterocycles. The maximum atomic E-state index is 11.4. The number of rotatable bonds is 3. The molecule has 0 fully saturated rings. The number of benzene rings is 1. The zero-order valence-corrected chi connectivity index (χ0v) is 12.8. The molecule has 1 amide bonds. The summed E-state index contributed by atoms with van der Waals surface area (Å²) in [7, 11) is 0. The molecule has 0 atom stereocenters. The fraction of sp³-hybridized carbons (Fsp3) is 0.333. The Morgan fingerprint density at radius 1 is 1.42 bits per heavy atom. The van der Waals surface area contributed by atoms with Gasteiger partial charge in [0.1, 0.15) is 0 Å². The number of carbonyl (C=O) groups is 1. The van der Waals surface area contributed by atoms with Crippen molar-refractivity contribution in [1.29, 1.82) is 0 Å². The minimum atomic E-state index is -0.709. The van der Waals surface area contributed by atoms with Gasteiger partial charge >= 0.3 is 0 Å². The average Bonchev–Trinajstić information content (AvgIpc) is 2.56. The van der Waals surface area contributed by atoms with Crippen LogP contribution in [0.5, 0.6) is 0 Å². The van der Waals surface area contributed by atoms with Crippen molar-refractivity contribution in [3.05, 3.63) is 26.9 Å². The second-order valence-electron chi connectivity index (χ2n) is 5.05. The van der Waals surface area contributed by atoms with Crippen LogP contribution in [0.2, 0.25) is 10.0 Å². The van der Waals surface area contributed by atoms with E-state index >= 15 is 0 Å². The third-order valence-corrected chi connectivity index (χ3v) is 4.08. The number of nitrogens with zero attached hydrogens (tertiary/aromatic N) is 1. The third kappa shape index (κ3) is 2.63. The monoisotopic (exact) mass is 317 g/mol. The molecular formula is C12H13Cl2N3OS. The van der Waals surface area contributed by atoms with Gasteiger partial charge in [0.2, 0.25) is 5.91 Å². The van der Waals surface area contributed by atoms with Crippen molar-refractivity contribution in [2.45, 2.75) is 20.4 Å². The Hall–Kier alpha value is -1.04. The molecule has 0 unspecified atom stereocenters. The summed E-state index contributed by atoms with van der Waals surface area (Å²) in [5.74, 6) is -0.385. The number of nitrogens with one attached hydrogen (secondary N) is 1. The molecule has 0 saturated heterocycles. The number of hydrogen-bond acceptors (Lipinski definition) is 2. The molecule has 0 aliphatic carbocycles. The lowest BCUT2D eigenvalue weighted by Crippen LogP contribution is -2.35. The van der Waals surface area contributed by atoms with Crippen molar-refractivity contribution in [2.75, 3.05) is 0 Å². The molecule has 4 nitrogen and oxygen atoms in total. The third-order valence-electron chi connectivity index (χ3n) is 3.04. The predicted octanol–water partition coefficient (Wildman–Crippen LogP) is 3.52. The molecule has 0 spiro atoms. The first-order valence-corrected chi connectivity index (χ1v) is 6.76. The summed E-state index contributed by atoms with van der Waals surface area (Å²) in [5, 5.41) is 0.889. The summed E-state index contributed by atoms with van der Waals surface area (Å²) in [4.78, 5) is 14.5. The first kappa shape index (κ1) is 14.4. The van der Waals surface area contributed by atoms with E-state index in [0.717, 1.165) is 11.0 Å². The van der Waals surface area contributed by atoms with Crippen LogP contribution < -0.4 is 5.73 Å². The molecule has 3 N–H and O–H groups in total. The molecule has 0 saturated carbocycles. The van der Waals surface area contributed by atoms with Crippen LogP contribution in [0.25, 0.3) is 11.0 Å². The number of H-pyrrole nitrogens is 1. The van der Waals surface area contributed by atoms with Gasteiger partial charge in [-0.25, -0.2) is 0 Å². The largest absolute Gasteiger partial charge is 0.369 e. The molecule has 7 heteroatoms. The van der Waals surface area contributed by atoms with E-state index in [0.29, 0.717) is 21.4 Å². The normalized spacial score (nSPS) is 12.0. The SMILES string of the molecule is CC(C)(Cn1c(=S)[nH]c2cc(Cl)c(Cl)cc21)C(N)=O. The van der Waals surface area contributed by atoms with E-state index in [4.69, 9.17) is 41.2 Å². The Bertz CT molecular complexity index is 718. The zero-order valence-electron chi connectivity index (χ0n) is 10.5. The summed E-state index contributed by atoms with van der Waals surface area (Å²) < 4.78 is 2.31. The van der Waals surface area contributed by atoms with Crippen LogP contribution in [0.15, 0.2) is 12.1 Å². The fourth-order valence-corrected chi connectivity index (χ4v) is 2.38. The van der Waals surface area contributed by atoms with E-state index in [2.05, 4.69) is 4.98 Å². The topological polar surface area (TPSA) is 63.8 Å². The standard InChI is InChI=1S/C12H13Cl2N3OS/c1-12(2,10(15)18)5-17-9-4-7(14)6(13)3-8(9)16-11(17)19/h3-4H,5H2,1-2H3,(H2,15,18)(H,16,19). The number of carbonyl (C=O) groups excluding carboxylic acids is 1. The smallest absolute Gasteiger partial charge is 0.224 e. The lowest BCUT2D eigenvalue weighted by molar-refractivity contribution is -0.126. The lowest BCUT2D eigenvalue weighted by atomic mass is 9.92. The predicted molar refractivity (Wildman–Crippen MR) is 80.1 cm³/mol. The summed E-state index contributed by atoms with van der Waals surface area (Å²) in [6.45, 7) is 3.92. The van der Waals surface area contributed by atoms with Crippen LogP contribution in [0, 0.1) is 10.2 Å². The number of hydrogen-bond donors (Lipinski definition) is 2. The Balaban J connectivity index is 2.61. The molecule has 2 aromatic rings. The van der Waals surface area contributed by atoms with Crippen molar-refractivity contribution in [3.8, 4) is 0 Å². The van der Waals surface area contributed by atoms with E-state index < -0.39 is 5.41 Å². The number of aromatic nitrogens is 2. The number of imidazole rings is 1. The highest BCUT2D eigenvalue weighted by molar-refractivity contribution is 7.71. The second kappa shape index (κ2) is 4.81. The molecule has 0 radical (unpaired) electrons. The van der Waals surface area contributed by atoms with Crippen molar-refractivity contribution in [2.24, 2.45) is 11.1 Å². The minimum Gasteiger partial charge on any atom is -0.369 e. The Morgan fingerprint density at radius 3 is 2.58 bits per heavy atom. The van der Waals surface area contributed by atoms with Gasteiger partial charge in [-0.3, -0.25) is 4.79 Å². The number of fused-ring (bicyclic) bond motifs is 1. The Morgan fingerprint density at radius 2 is 2.00 bits per heavy atom. The van der Waals surface area contributed by atoms with Crippen LogP contribution in [-0.2, 0) is 11.3 Å². The molecule has 102 valence electrons. The van der Waals surface area contributed by atoms with Crippen molar-refractivity contribution < 1.29 is 4.79 Å². The first-order valence-electron chi connectivity index (χ1n) is 5.60. The highest BCUT2D eigenvalue weighted by Gasteiger charge is 2.26. The van der Waals surface area contributed by atoms with Crippen molar-refractivity contribution >= 4 is 52.4 Å². The van der Waals surface area contributed by atoms with E-state index in [1.54, 1.807) is 30.5 Å². The average molecular weight is 318 g/mol. The molecule has 0 aliphatic rings. The molecular weight excluding hydrogens is 305 g/mol. The van der Waals surface area contributed by atoms with E-state index in [1.807, 2.05) is 0 Å². The quantitative estimate of drug-likeness (QED) is 0.851. The molecule has 1 heterocycles. The number of amides is 1. The van der Waals surface area contributed by atoms with Gasteiger partial charge in [0.05, 0.1) is 26.5 Å². The maximum absolute atomic E-state index is 11.4. The van der Waals surface area contributed by atoms with E-state index in [9.17, 15) is 4.79 Å². The molecule has 2 rings (SSSR count). The Labute approximate surface area is 125 Å². The van der Waals surface area contributed by atoms with Gasteiger partial charge in [0.15, 0.2) is 4.77 Å². The second-order valence-corrected chi connectivity index (χ2v) is 6.25.